The van der Waals surface area contributed by atoms with E-state index in [2.05, 4.69) is 0 Å². The molecule has 12 heteroatoms. The van der Waals surface area contributed by atoms with Crippen LogP contribution in [0.25, 0.3) is 5.76 Å². The predicted octanol–water partition coefficient (Wildman–Crippen LogP) is 1.28. The number of hydrogen-bond acceptors (Lipinski definition) is 9. The van der Waals surface area contributed by atoms with Crippen LogP contribution in [0.4, 0.5) is 8.78 Å². The maximum absolute atomic E-state index is 15.9. The number of halogens is 2. The van der Waals surface area contributed by atoms with Crippen LogP contribution in [0.2, 0.25) is 0 Å². The van der Waals surface area contributed by atoms with Crippen LogP contribution in [0.5, 0.6) is 5.75 Å². The van der Waals surface area contributed by atoms with Crippen LogP contribution in [-0.2, 0) is 27.3 Å². The zero-order valence-electron chi connectivity index (χ0n) is 22.3. The van der Waals surface area contributed by atoms with Crippen molar-refractivity contribution >= 4 is 23.2 Å². The fourth-order valence-electron chi connectivity index (χ4n) is 6.72. The lowest BCUT2D eigenvalue weighted by Crippen LogP contribution is -2.65. The van der Waals surface area contributed by atoms with Crippen molar-refractivity contribution in [2.24, 2.45) is 23.5 Å². The molecule has 0 bridgehead atoms. The summed E-state index contributed by atoms with van der Waals surface area (Å²) in [6.45, 7) is 0.127. The Morgan fingerprint density at radius 1 is 1.20 bits per heavy atom. The van der Waals surface area contributed by atoms with Crippen molar-refractivity contribution in [3.05, 3.63) is 45.5 Å². The van der Waals surface area contributed by atoms with Gasteiger partial charge < -0.3 is 26.2 Å². The van der Waals surface area contributed by atoms with E-state index in [1.54, 1.807) is 4.90 Å². The van der Waals surface area contributed by atoms with Crippen molar-refractivity contribution in [2.75, 3.05) is 33.9 Å². The Bertz CT molecular complexity index is 1370. The number of alkyl halides is 1. The molecule has 5 rings (SSSR count). The maximum Gasteiger partial charge on any atom is 0.255 e. The highest BCUT2D eigenvalue weighted by molar-refractivity contribution is 6.24. The molecule has 0 heterocycles. The Morgan fingerprint density at radius 2 is 1.88 bits per heavy atom. The number of benzene rings is 1. The van der Waals surface area contributed by atoms with Gasteiger partial charge >= 0.3 is 0 Å². The summed E-state index contributed by atoms with van der Waals surface area (Å²) < 4.78 is 29.1. The average molecular weight is 562 g/mol. The molecule has 0 aliphatic heterocycles. The molecule has 4 atom stereocenters. The number of hydrogen-bond donors (Lipinski definition) is 5. The lowest BCUT2D eigenvalue weighted by molar-refractivity contribution is -0.153. The van der Waals surface area contributed by atoms with E-state index in [0.29, 0.717) is 12.5 Å². The summed E-state index contributed by atoms with van der Waals surface area (Å²) in [5.41, 5.74) is 1.09. The zero-order chi connectivity index (χ0) is 29.3. The standard InChI is InChI=1S/C28H33F2N3O7/c1-32(2)22-16-8-13-7-15-19(17(34)9-14(21(15)30)11-33(6-5-29)10-12-3-4-12)23(35)18(13)25(37)28(16,40)26(38)20(24(22)36)27(31)39/h9,12-13,16,22,34-35,38,40H,3-8,10-11H2,1-2H3,(H2,31,39)/t13-,16-,22-,28-/m0/s1. The molecule has 10 nitrogen and oxygen atoms in total. The summed E-state index contributed by atoms with van der Waals surface area (Å²) in [5, 5.41) is 44.5. The van der Waals surface area contributed by atoms with Crippen LogP contribution < -0.4 is 5.73 Å². The fourth-order valence-corrected chi connectivity index (χ4v) is 6.72. The molecule has 0 aromatic heterocycles. The Kier molecular flexibility index (Phi) is 7.00. The van der Waals surface area contributed by atoms with Gasteiger partial charge in [0.2, 0.25) is 5.78 Å². The number of carbonyl (C=O) groups is 3. The third-order valence-electron chi connectivity index (χ3n) is 8.74. The van der Waals surface area contributed by atoms with E-state index in [-0.39, 0.29) is 48.2 Å². The SMILES string of the molecule is CN(C)[C@@H]1C(=O)C(C(N)=O)=C(O)[C@@]2(O)C(=O)C3=C(O)c4c(O)cc(CN(CCF)CC5CC5)c(F)c4C[C@H]3C[C@@H]12. The van der Waals surface area contributed by atoms with Crippen LogP contribution in [0, 0.1) is 23.6 Å². The summed E-state index contributed by atoms with van der Waals surface area (Å²) in [7, 11) is 3.00. The molecular weight excluding hydrogens is 528 g/mol. The predicted molar refractivity (Wildman–Crippen MR) is 138 cm³/mol. The summed E-state index contributed by atoms with van der Waals surface area (Å²) in [5.74, 6) is -8.17. The third-order valence-corrected chi connectivity index (χ3v) is 8.74. The second-order valence-corrected chi connectivity index (χ2v) is 11.6. The molecule has 1 amide bonds. The van der Waals surface area contributed by atoms with Gasteiger partial charge in [0, 0.05) is 42.3 Å². The number of carbonyl (C=O) groups excluding carboxylic acids is 3. The highest BCUT2D eigenvalue weighted by Crippen LogP contribution is 2.53. The number of fused-ring (bicyclic) bond motifs is 3. The summed E-state index contributed by atoms with van der Waals surface area (Å²) >= 11 is 0. The first kappa shape index (κ1) is 28.2. The van der Waals surface area contributed by atoms with Gasteiger partial charge in [-0.25, -0.2) is 8.78 Å². The van der Waals surface area contributed by atoms with Gasteiger partial charge in [-0.15, -0.1) is 0 Å². The number of phenols is 1. The number of amides is 1. The van der Waals surface area contributed by atoms with Crippen LogP contribution in [0.3, 0.4) is 0 Å². The minimum atomic E-state index is -2.76. The van der Waals surface area contributed by atoms with E-state index in [1.165, 1.54) is 19.0 Å². The van der Waals surface area contributed by atoms with E-state index >= 15 is 4.39 Å². The van der Waals surface area contributed by atoms with Gasteiger partial charge in [-0.2, -0.15) is 0 Å². The second kappa shape index (κ2) is 9.93. The van der Waals surface area contributed by atoms with Crippen molar-refractivity contribution in [2.45, 2.75) is 43.9 Å². The van der Waals surface area contributed by atoms with Gasteiger partial charge in [0.25, 0.3) is 5.91 Å². The largest absolute Gasteiger partial charge is 0.508 e. The molecule has 4 aliphatic rings. The first-order valence-electron chi connectivity index (χ1n) is 13.3. The Labute approximate surface area is 229 Å². The lowest BCUT2D eigenvalue weighted by Gasteiger charge is -2.50. The van der Waals surface area contributed by atoms with Crippen molar-refractivity contribution in [1.29, 1.82) is 0 Å². The normalized spacial score (nSPS) is 28.2. The van der Waals surface area contributed by atoms with Gasteiger partial charge in [0.15, 0.2) is 11.4 Å². The van der Waals surface area contributed by atoms with Crippen molar-refractivity contribution < 1.29 is 43.6 Å². The van der Waals surface area contributed by atoms with Crippen LogP contribution >= 0.6 is 0 Å². The molecule has 0 radical (unpaired) electrons. The minimum absolute atomic E-state index is 0.0350. The van der Waals surface area contributed by atoms with Crippen molar-refractivity contribution in [3.63, 3.8) is 0 Å². The molecule has 6 N–H and O–H groups in total. The maximum atomic E-state index is 15.9. The van der Waals surface area contributed by atoms with E-state index in [9.17, 15) is 39.2 Å². The first-order chi connectivity index (χ1) is 18.8. The van der Waals surface area contributed by atoms with Crippen LogP contribution in [0.1, 0.15) is 36.0 Å². The van der Waals surface area contributed by atoms with Crippen molar-refractivity contribution in [1.82, 2.24) is 9.80 Å². The third kappa shape index (κ3) is 4.20. The topological polar surface area (TPSA) is 165 Å². The second-order valence-electron chi connectivity index (χ2n) is 11.6. The highest BCUT2D eigenvalue weighted by atomic mass is 19.1. The number of rotatable bonds is 8. The van der Waals surface area contributed by atoms with Gasteiger partial charge in [-0.1, -0.05) is 0 Å². The number of primary amides is 1. The monoisotopic (exact) mass is 561 g/mol. The molecule has 0 unspecified atom stereocenters. The fraction of sp³-hybridized carbons (Fsp3) is 0.536. The van der Waals surface area contributed by atoms with Crippen LogP contribution in [0.15, 0.2) is 23.0 Å². The van der Waals surface area contributed by atoms with Gasteiger partial charge in [0.05, 0.1) is 11.6 Å². The Balaban J connectivity index is 1.61. The van der Waals surface area contributed by atoms with E-state index < -0.39 is 76.3 Å². The number of Topliss-reactive ketones (excluding diaryl/α,β-unsaturated/α-hetero) is 2. The number of aromatic hydroxyl groups is 1. The smallest absolute Gasteiger partial charge is 0.255 e. The Morgan fingerprint density at radius 3 is 2.45 bits per heavy atom. The number of nitrogens with two attached hydrogens (primary N) is 1. The quantitative estimate of drug-likeness (QED) is 0.294. The Hall–Kier alpha value is -3.35. The van der Waals surface area contributed by atoms with Gasteiger partial charge in [0.1, 0.15) is 35.3 Å². The highest BCUT2D eigenvalue weighted by Gasteiger charge is 2.64. The molecule has 1 aromatic rings. The molecule has 1 aromatic carbocycles. The molecule has 2 fully saturated rings. The number of aliphatic hydroxyl groups excluding tert-OH is 2. The molecule has 0 saturated heterocycles. The summed E-state index contributed by atoms with van der Waals surface area (Å²) in [6, 6.07) is -0.0864. The molecule has 216 valence electrons. The van der Waals surface area contributed by atoms with E-state index in [0.717, 1.165) is 18.9 Å². The first-order valence-corrected chi connectivity index (χ1v) is 13.3. The van der Waals surface area contributed by atoms with Crippen LogP contribution in [-0.4, -0.2) is 93.2 Å². The summed E-state index contributed by atoms with van der Waals surface area (Å²) in [4.78, 5) is 42.2. The number of phenolic OH excluding ortho intramolecular Hbond substituents is 1. The number of nitrogens with zero attached hydrogens (tertiary/aromatic N) is 2. The molecule has 0 spiro atoms. The van der Waals surface area contributed by atoms with Gasteiger partial charge in [-0.05, 0) is 57.7 Å². The van der Waals surface area contributed by atoms with Gasteiger partial charge in [-0.3, -0.25) is 24.2 Å². The number of ketones is 2. The lowest BCUT2D eigenvalue weighted by atomic mass is 9.57. The zero-order valence-corrected chi connectivity index (χ0v) is 22.3. The van der Waals surface area contributed by atoms with Crippen molar-refractivity contribution in [3.8, 4) is 5.75 Å². The summed E-state index contributed by atoms with van der Waals surface area (Å²) in [6.07, 6.45) is 1.76. The molecular formula is C28H33F2N3O7. The molecule has 40 heavy (non-hydrogen) atoms. The number of likely N-dealkylation sites (N-methyl/N-ethyl adjacent to an activating group) is 1. The number of aliphatic hydroxyl groups is 3. The van der Waals surface area contributed by atoms with E-state index in [4.69, 9.17) is 5.73 Å². The molecule has 2 saturated carbocycles. The molecule has 4 aliphatic carbocycles. The average Bonchev–Trinajstić information content (AvgIpc) is 3.68. The van der Waals surface area contributed by atoms with E-state index in [1.807, 2.05) is 0 Å². The minimum Gasteiger partial charge on any atom is -0.508 e.